The van der Waals surface area contributed by atoms with Crippen LogP contribution in [0.25, 0.3) is 5.69 Å². The van der Waals surface area contributed by atoms with Crippen LogP contribution in [0, 0.1) is 17.7 Å². The van der Waals surface area contributed by atoms with Gasteiger partial charge in [0.05, 0.1) is 5.69 Å². The quantitative estimate of drug-likeness (QED) is 0.814. The minimum Gasteiger partial charge on any atom is -0.353 e. The number of benzene rings is 1. The number of rotatable bonds is 5. The summed E-state index contributed by atoms with van der Waals surface area (Å²) in [6.07, 6.45) is 1.17. The van der Waals surface area contributed by atoms with E-state index in [4.69, 9.17) is 0 Å². The predicted octanol–water partition coefficient (Wildman–Crippen LogP) is 2.38. The number of amides is 2. The first-order valence-electron chi connectivity index (χ1n) is 10.2. The van der Waals surface area contributed by atoms with Gasteiger partial charge in [-0.2, -0.15) is 9.78 Å². The van der Waals surface area contributed by atoms with E-state index in [-0.39, 0.29) is 29.5 Å². The number of nitrogens with one attached hydrogen (secondary N) is 1. The second-order valence-electron chi connectivity index (χ2n) is 8.05. The Morgan fingerprint density at radius 3 is 2.30 bits per heavy atom. The van der Waals surface area contributed by atoms with Crippen LogP contribution in [0.4, 0.5) is 4.39 Å². The molecule has 7 nitrogen and oxygen atoms in total. The number of halogens is 1. The van der Waals surface area contributed by atoms with Gasteiger partial charge in [-0.05, 0) is 56.0 Å². The molecule has 1 aromatic carbocycles. The Morgan fingerprint density at radius 1 is 1.07 bits per heavy atom. The number of hydrogen-bond acceptors (Lipinski definition) is 4. The number of aromatic nitrogens is 2. The monoisotopic (exact) mass is 414 g/mol. The van der Waals surface area contributed by atoms with E-state index < -0.39 is 11.4 Å². The van der Waals surface area contributed by atoms with E-state index in [9.17, 15) is 18.8 Å². The summed E-state index contributed by atoms with van der Waals surface area (Å²) in [7, 11) is 0. The highest BCUT2D eigenvalue weighted by Crippen LogP contribution is 2.19. The highest BCUT2D eigenvalue weighted by atomic mass is 19.1. The summed E-state index contributed by atoms with van der Waals surface area (Å²) in [6.45, 7) is 7.01. The summed E-state index contributed by atoms with van der Waals surface area (Å²) in [6, 6.07) is 8.10. The zero-order valence-corrected chi connectivity index (χ0v) is 17.5. The van der Waals surface area contributed by atoms with Crippen molar-refractivity contribution in [2.45, 2.75) is 39.7 Å². The Balaban J connectivity index is 1.67. The molecule has 1 aliphatic rings. The molecule has 0 bridgehead atoms. The second kappa shape index (κ2) is 9.19. The highest BCUT2D eigenvalue weighted by molar-refractivity contribution is 5.92. The number of carbonyl (C=O) groups is 2. The van der Waals surface area contributed by atoms with Gasteiger partial charge in [0, 0.05) is 31.1 Å². The molecule has 30 heavy (non-hydrogen) atoms. The maximum atomic E-state index is 13.2. The van der Waals surface area contributed by atoms with E-state index in [1.54, 1.807) is 4.90 Å². The molecule has 3 rings (SSSR count). The van der Waals surface area contributed by atoms with Crippen molar-refractivity contribution in [3.05, 3.63) is 58.3 Å². The lowest BCUT2D eigenvalue weighted by Crippen LogP contribution is -2.46. The van der Waals surface area contributed by atoms with Crippen LogP contribution >= 0.6 is 0 Å². The first kappa shape index (κ1) is 21.7. The third-order valence-electron chi connectivity index (χ3n) is 5.61. The van der Waals surface area contributed by atoms with Gasteiger partial charge in [0.1, 0.15) is 11.5 Å². The maximum Gasteiger partial charge on any atom is 0.274 e. The third-order valence-corrected chi connectivity index (χ3v) is 5.61. The minimum absolute atomic E-state index is 0.0336. The van der Waals surface area contributed by atoms with Crippen LogP contribution in [0.3, 0.4) is 0 Å². The van der Waals surface area contributed by atoms with Gasteiger partial charge < -0.3 is 10.2 Å². The van der Waals surface area contributed by atoms with Gasteiger partial charge >= 0.3 is 0 Å². The summed E-state index contributed by atoms with van der Waals surface area (Å²) in [5, 5.41) is 7.21. The third kappa shape index (κ3) is 4.93. The molecule has 1 N–H and O–H groups in total. The lowest BCUT2D eigenvalue weighted by molar-refractivity contribution is -0.127. The molecule has 1 unspecified atom stereocenters. The SMILES string of the molecule is CC(C)C(C)NC(=O)C1CCN(C(=O)c2ccc(=O)n(-c3ccc(F)cc3)n2)CC1. The van der Waals surface area contributed by atoms with Gasteiger partial charge in [0.25, 0.3) is 11.5 Å². The molecule has 1 aliphatic heterocycles. The van der Waals surface area contributed by atoms with Crippen LogP contribution in [-0.2, 0) is 4.79 Å². The topological polar surface area (TPSA) is 84.3 Å². The van der Waals surface area contributed by atoms with E-state index in [0.29, 0.717) is 37.5 Å². The Bertz CT molecular complexity index is 963. The van der Waals surface area contributed by atoms with Crippen LogP contribution < -0.4 is 10.9 Å². The van der Waals surface area contributed by atoms with Gasteiger partial charge in [-0.1, -0.05) is 13.8 Å². The molecule has 160 valence electrons. The lowest BCUT2D eigenvalue weighted by atomic mass is 9.94. The lowest BCUT2D eigenvalue weighted by Gasteiger charge is -2.32. The van der Waals surface area contributed by atoms with Crippen LogP contribution in [0.5, 0.6) is 0 Å². The first-order chi connectivity index (χ1) is 14.3. The fourth-order valence-electron chi connectivity index (χ4n) is 3.31. The number of piperidine rings is 1. The summed E-state index contributed by atoms with van der Waals surface area (Å²) < 4.78 is 14.2. The summed E-state index contributed by atoms with van der Waals surface area (Å²) in [4.78, 5) is 39.1. The molecule has 2 heterocycles. The maximum absolute atomic E-state index is 13.2. The van der Waals surface area contributed by atoms with Crippen molar-refractivity contribution < 1.29 is 14.0 Å². The summed E-state index contributed by atoms with van der Waals surface area (Å²) >= 11 is 0. The normalized spacial score (nSPS) is 15.8. The molecule has 0 radical (unpaired) electrons. The van der Waals surface area contributed by atoms with Crippen molar-refractivity contribution in [2.75, 3.05) is 13.1 Å². The van der Waals surface area contributed by atoms with Gasteiger partial charge in [-0.3, -0.25) is 14.4 Å². The van der Waals surface area contributed by atoms with Crippen molar-refractivity contribution in [3.63, 3.8) is 0 Å². The average molecular weight is 414 g/mol. The fraction of sp³-hybridized carbons (Fsp3) is 0.455. The molecule has 1 saturated heterocycles. The first-order valence-corrected chi connectivity index (χ1v) is 10.2. The van der Waals surface area contributed by atoms with Crippen molar-refractivity contribution in [1.82, 2.24) is 20.0 Å². The molecule has 0 saturated carbocycles. The van der Waals surface area contributed by atoms with Crippen molar-refractivity contribution >= 4 is 11.8 Å². The number of nitrogens with zero attached hydrogens (tertiary/aromatic N) is 3. The zero-order valence-electron chi connectivity index (χ0n) is 17.5. The Kier molecular flexibility index (Phi) is 6.64. The van der Waals surface area contributed by atoms with Gasteiger partial charge in [0.2, 0.25) is 5.91 Å². The van der Waals surface area contributed by atoms with E-state index in [1.165, 1.54) is 36.4 Å². The Morgan fingerprint density at radius 2 is 1.70 bits per heavy atom. The van der Waals surface area contributed by atoms with Gasteiger partial charge in [-0.15, -0.1) is 0 Å². The van der Waals surface area contributed by atoms with Crippen molar-refractivity contribution in [1.29, 1.82) is 0 Å². The fourth-order valence-corrected chi connectivity index (χ4v) is 3.31. The van der Waals surface area contributed by atoms with Gasteiger partial charge in [-0.25, -0.2) is 4.39 Å². The van der Waals surface area contributed by atoms with Crippen LogP contribution in [0.15, 0.2) is 41.2 Å². The molecular formula is C22H27FN4O3. The van der Waals surface area contributed by atoms with Crippen LogP contribution in [0.1, 0.15) is 44.1 Å². The Labute approximate surface area is 174 Å². The van der Waals surface area contributed by atoms with E-state index in [2.05, 4.69) is 24.3 Å². The molecule has 1 aromatic heterocycles. The van der Waals surface area contributed by atoms with E-state index in [0.717, 1.165) is 4.68 Å². The molecule has 2 amide bonds. The largest absolute Gasteiger partial charge is 0.353 e. The average Bonchev–Trinajstić information content (AvgIpc) is 2.74. The molecule has 8 heteroatoms. The zero-order chi connectivity index (χ0) is 21.8. The van der Waals surface area contributed by atoms with Crippen LogP contribution in [-0.4, -0.2) is 45.6 Å². The van der Waals surface area contributed by atoms with Gasteiger partial charge in [0.15, 0.2) is 0 Å². The number of likely N-dealkylation sites (tertiary alicyclic amines) is 1. The predicted molar refractivity (Wildman–Crippen MR) is 111 cm³/mol. The Hall–Kier alpha value is -3.03. The molecule has 1 atom stereocenters. The van der Waals surface area contributed by atoms with E-state index in [1.807, 2.05) is 6.92 Å². The molecule has 0 spiro atoms. The standard InChI is InChI=1S/C22H27FN4O3/c1-14(2)15(3)24-21(29)16-10-12-26(13-11-16)22(30)19-8-9-20(28)27(25-19)18-6-4-17(23)5-7-18/h4-9,14-16H,10-13H2,1-3H3,(H,24,29). The van der Waals surface area contributed by atoms with Crippen molar-refractivity contribution in [3.8, 4) is 5.69 Å². The molecule has 0 aliphatic carbocycles. The molecule has 2 aromatic rings. The second-order valence-corrected chi connectivity index (χ2v) is 8.05. The van der Waals surface area contributed by atoms with E-state index >= 15 is 0 Å². The summed E-state index contributed by atoms with van der Waals surface area (Å²) in [5.41, 5.74) is 0.105. The molecular weight excluding hydrogens is 387 g/mol. The minimum atomic E-state index is -0.422. The smallest absolute Gasteiger partial charge is 0.274 e. The number of carbonyl (C=O) groups excluding carboxylic acids is 2. The van der Waals surface area contributed by atoms with Crippen LogP contribution in [0.2, 0.25) is 0 Å². The summed E-state index contributed by atoms with van der Waals surface area (Å²) in [5.74, 6) is -0.435. The number of hydrogen-bond donors (Lipinski definition) is 1. The molecule has 1 fully saturated rings. The van der Waals surface area contributed by atoms with Crippen molar-refractivity contribution in [2.24, 2.45) is 11.8 Å². The highest BCUT2D eigenvalue weighted by Gasteiger charge is 2.29.